The normalized spacial score (nSPS) is 13.9. The van der Waals surface area contributed by atoms with Crippen molar-refractivity contribution in [2.24, 2.45) is 0 Å². The number of carboxylic acid groups (broad SMARTS) is 1. The lowest BCUT2D eigenvalue weighted by Gasteiger charge is -2.26. The zero-order valence-electron chi connectivity index (χ0n) is 20.8. The van der Waals surface area contributed by atoms with Crippen molar-refractivity contribution in [1.29, 1.82) is 0 Å². The molecule has 9 heteroatoms. The molecule has 2 amide bonds. The number of carbonyl (C=O) groups is 3. The van der Waals surface area contributed by atoms with Crippen molar-refractivity contribution in [3.63, 3.8) is 0 Å². The number of anilines is 1. The number of amides is 2. The van der Waals surface area contributed by atoms with Crippen LogP contribution in [0.15, 0.2) is 42.5 Å². The number of carboxylic acids is 1. The number of aromatic nitrogens is 2. The lowest BCUT2D eigenvalue weighted by Crippen LogP contribution is -2.45. The van der Waals surface area contributed by atoms with E-state index in [9.17, 15) is 14.4 Å². The maximum Gasteiger partial charge on any atom is 0.312 e. The summed E-state index contributed by atoms with van der Waals surface area (Å²) in [6.45, 7) is 7.51. The summed E-state index contributed by atoms with van der Waals surface area (Å²) in [4.78, 5) is 36.2. The van der Waals surface area contributed by atoms with Crippen LogP contribution in [0.1, 0.15) is 52.9 Å². The number of hydrazine groups is 1. The van der Waals surface area contributed by atoms with E-state index in [1.807, 2.05) is 44.0 Å². The second-order valence-electron chi connectivity index (χ2n) is 9.21. The average molecular weight is 490 g/mol. The molecule has 1 aliphatic heterocycles. The molecule has 1 fully saturated rings. The van der Waals surface area contributed by atoms with E-state index in [1.165, 1.54) is 0 Å². The summed E-state index contributed by atoms with van der Waals surface area (Å²) < 4.78 is 1.77. The maximum atomic E-state index is 13.3. The number of nitrogens with zero attached hydrogens (tertiary/aromatic N) is 3. The molecule has 0 bridgehead atoms. The number of piperidine rings is 1. The van der Waals surface area contributed by atoms with Crippen LogP contribution in [-0.4, -0.2) is 50.8 Å². The van der Waals surface area contributed by atoms with Crippen molar-refractivity contribution in [3.8, 4) is 16.9 Å². The first-order valence-electron chi connectivity index (χ1n) is 12.1. The van der Waals surface area contributed by atoms with Gasteiger partial charge in [-0.3, -0.25) is 19.8 Å². The third-order valence-corrected chi connectivity index (χ3v) is 6.27. The minimum Gasteiger partial charge on any atom is -0.481 e. The summed E-state index contributed by atoms with van der Waals surface area (Å²) in [5.74, 6) is -2.07. The fraction of sp³-hybridized carbons (Fsp3) is 0.333. The van der Waals surface area contributed by atoms with Gasteiger partial charge >= 0.3 is 5.97 Å². The third-order valence-electron chi connectivity index (χ3n) is 6.27. The summed E-state index contributed by atoms with van der Waals surface area (Å²) in [6.07, 6.45) is 2.63. The van der Waals surface area contributed by atoms with Crippen LogP contribution >= 0.6 is 0 Å². The first-order chi connectivity index (χ1) is 17.2. The third kappa shape index (κ3) is 5.63. The summed E-state index contributed by atoms with van der Waals surface area (Å²) >= 11 is 0. The Morgan fingerprint density at radius 2 is 1.75 bits per heavy atom. The van der Waals surface area contributed by atoms with Gasteiger partial charge < -0.3 is 10.4 Å². The van der Waals surface area contributed by atoms with Crippen molar-refractivity contribution >= 4 is 23.5 Å². The monoisotopic (exact) mass is 489 g/mol. The first kappa shape index (κ1) is 25.1. The molecular weight excluding hydrogens is 458 g/mol. The van der Waals surface area contributed by atoms with Crippen molar-refractivity contribution in [2.45, 2.75) is 46.5 Å². The number of aryl methyl sites for hydroxylation is 2. The number of hydrogen-bond acceptors (Lipinski definition) is 5. The van der Waals surface area contributed by atoms with Gasteiger partial charge in [0.15, 0.2) is 5.69 Å². The highest BCUT2D eigenvalue weighted by Crippen LogP contribution is 2.32. The van der Waals surface area contributed by atoms with E-state index in [0.717, 1.165) is 60.4 Å². The molecule has 188 valence electrons. The van der Waals surface area contributed by atoms with Crippen LogP contribution in [0.5, 0.6) is 0 Å². The van der Waals surface area contributed by atoms with E-state index in [4.69, 9.17) is 10.2 Å². The molecule has 0 spiro atoms. The van der Waals surface area contributed by atoms with Crippen LogP contribution in [0.25, 0.3) is 16.9 Å². The predicted molar refractivity (Wildman–Crippen MR) is 137 cm³/mol. The van der Waals surface area contributed by atoms with E-state index in [0.29, 0.717) is 16.9 Å². The number of rotatable bonds is 7. The van der Waals surface area contributed by atoms with Gasteiger partial charge in [0.25, 0.3) is 5.91 Å². The smallest absolute Gasteiger partial charge is 0.312 e. The first-order valence-corrected chi connectivity index (χ1v) is 12.1. The lowest BCUT2D eigenvalue weighted by molar-refractivity contribution is -0.139. The standard InChI is InChI=1S/C27H31N5O4/c1-17-10-11-22(18(2)14-17)32-26(20-8-7-9-21(15-20)28-23(33)16-24(34)35)19(3)25(29-32)27(36)30-31-12-5-4-6-13-31/h7-11,14-15H,4-6,12-13,16H2,1-3H3,(H,28,33)(H,30,36)(H,34,35). The molecule has 3 N–H and O–H groups in total. The second-order valence-corrected chi connectivity index (χ2v) is 9.21. The predicted octanol–water partition coefficient (Wildman–Crippen LogP) is 4.01. The van der Waals surface area contributed by atoms with Crippen molar-refractivity contribution < 1.29 is 19.5 Å². The molecule has 4 rings (SSSR count). The van der Waals surface area contributed by atoms with Gasteiger partial charge in [0.05, 0.1) is 11.4 Å². The quantitative estimate of drug-likeness (QED) is 0.432. The number of aliphatic carboxylic acids is 1. The largest absolute Gasteiger partial charge is 0.481 e. The summed E-state index contributed by atoms with van der Waals surface area (Å²) in [6, 6.07) is 13.1. The highest BCUT2D eigenvalue weighted by molar-refractivity contribution is 6.01. The Morgan fingerprint density at radius 3 is 2.44 bits per heavy atom. The van der Waals surface area contributed by atoms with Crippen molar-refractivity contribution in [2.75, 3.05) is 18.4 Å². The minimum atomic E-state index is -1.20. The molecule has 0 atom stereocenters. The zero-order valence-corrected chi connectivity index (χ0v) is 20.8. The molecular formula is C27H31N5O4. The van der Waals surface area contributed by atoms with Gasteiger partial charge in [-0.1, -0.05) is 36.2 Å². The van der Waals surface area contributed by atoms with Gasteiger partial charge in [-0.2, -0.15) is 5.10 Å². The van der Waals surface area contributed by atoms with Crippen molar-refractivity contribution in [1.82, 2.24) is 20.2 Å². The maximum absolute atomic E-state index is 13.3. The van der Waals surface area contributed by atoms with Gasteiger partial charge in [0, 0.05) is 29.9 Å². The van der Waals surface area contributed by atoms with Gasteiger partial charge in [0.2, 0.25) is 5.91 Å². The van der Waals surface area contributed by atoms with Gasteiger partial charge in [-0.15, -0.1) is 0 Å². The Bertz CT molecular complexity index is 1310. The minimum absolute atomic E-state index is 0.259. The lowest BCUT2D eigenvalue weighted by atomic mass is 10.0. The average Bonchev–Trinajstić information content (AvgIpc) is 3.16. The van der Waals surface area contributed by atoms with Crippen LogP contribution < -0.4 is 10.7 Å². The Morgan fingerprint density at radius 1 is 1.00 bits per heavy atom. The molecule has 1 aliphatic rings. The molecule has 0 saturated carbocycles. The Hall–Kier alpha value is -3.98. The number of hydrogen-bond donors (Lipinski definition) is 3. The summed E-state index contributed by atoms with van der Waals surface area (Å²) in [7, 11) is 0. The molecule has 2 heterocycles. The molecule has 2 aromatic carbocycles. The Labute approximate surface area is 210 Å². The molecule has 0 radical (unpaired) electrons. The molecule has 0 unspecified atom stereocenters. The molecule has 36 heavy (non-hydrogen) atoms. The van der Waals surface area contributed by atoms with Crippen LogP contribution in [0, 0.1) is 20.8 Å². The topological polar surface area (TPSA) is 117 Å². The highest BCUT2D eigenvalue weighted by atomic mass is 16.4. The van der Waals surface area contributed by atoms with E-state index in [-0.39, 0.29) is 5.91 Å². The Kier molecular flexibility index (Phi) is 7.49. The van der Waals surface area contributed by atoms with Crippen LogP contribution in [-0.2, 0) is 9.59 Å². The number of nitrogens with one attached hydrogen (secondary N) is 2. The Balaban J connectivity index is 1.76. The van der Waals surface area contributed by atoms with E-state index in [1.54, 1.807) is 22.9 Å². The van der Waals surface area contributed by atoms with Crippen LogP contribution in [0.2, 0.25) is 0 Å². The fourth-order valence-corrected chi connectivity index (χ4v) is 4.56. The molecule has 1 aromatic heterocycles. The number of benzene rings is 2. The van der Waals surface area contributed by atoms with Gasteiger partial charge in [-0.05, 0) is 57.4 Å². The van der Waals surface area contributed by atoms with E-state index in [2.05, 4.69) is 16.8 Å². The SMILES string of the molecule is Cc1ccc(-n2nc(C(=O)NN3CCCCC3)c(C)c2-c2cccc(NC(=O)CC(=O)O)c2)c(C)c1. The molecule has 0 aliphatic carbocycles. The van der Waals surface area contributed by atoms with Crippen LogP contribution in [0.4, 0.5) is 5.69 Å². The van der Waals surface area contributed by atoms with E-state index >= 15 is 0 Å². The summed E-state index contributed by atoms with van der Waals surface area (Å²) in [5.41, 5.74) is 8.94. The second kappa shape index (κ2) is 10.7. The number of carbonyl (C=O) groups excluding carboxylic acids is 2. The van der Waals surface area contributed by atoms with E-state index < -0.39 is 18.3 Å². The highest BCUT2D eigenvalue weighted by Gasteiger charge is 2.25. The van der Waals surface area contributed by atoms with Gasteiger partial charge in [-0.25, -0.2) is 9.69 Å². The summed E-state index contributed by atoms with van der Waals surface area (Å²) in [5, 5.41) is 18.2. The molecule has 3 aromatic rings. The zero-order chi connectivity index (χ0) is 25.8. The fourth-order valence-electron chi connectivity index (χ4n) is 4.56. The van der Waals surface area contributed by atoms with Crippen molar-refractivity contribution in [3.05, 3.63) is 64.8 Å². The molecule has 1 saturated heterocycles. The van der Waals surface area contributed by atoms with Gasteiger partial charge in [0.1, 0.15) is 6.42 Å². The molecule has 9 nitrogen and oxygen atoms in total. The van der Waals surface area contributed by atoms with Crippen LogP contribution in [0.3, 0.4) is 0 Å².